The average molecular weight is 540 g/mol. The molecule has 7 heteroatoms. The molecule has 1 aliphatic heterocycles. The van der Waals surface area contributed by atoms with Gasteiger partial charge in [-0.15, -0.1) is 24.0 Å². The van der Waals surface area contributed by atoms with Crippen LogP contribution in [0.5, 0.6) is 0 Å². The third-order valence-electron chi connectivity index (χ3n) is 5.49. The van der Waals surface area contributed by atoms with Crippen LogP contribution in [0, 0.1) is 11.3 Å². The fourth-order valence-corrected chi connectivity index (χ4v) is 4.16. The minimum Gasteiger partial charge on any atom is -0.377 e. The summed E-state index contributed by atoms with van der Waals surface area (Å²) in [6.45, 7) is 12.9. The molecule has 6 nitrogen and oxygen atoms in total. The second-order valence-corrected chi connectivity index (χ2v) is 9.16. The van der Waals surface area contributed by atoms with E-state index in [4.69, 9.17) is 9.73 Å². The first-order valence-corrected chi connectivity index (χ1v) is 11.1. The molecular weight excluding hydrogens is 501 g/mol. The van der Waals surface area contributed by atoms with Crippen LogP contribution in [0.2, 0.25) is 0 Å². The third kappa shape index (κ3) is 8.11. The van der Waals surface area contributed by atoms with Gasteiger partial charge in [0.05, 0.1) is 19.2 Å². The van der Waals surface area contributed by atoms with Crippen LogP contribution in [-0.4, -0.2) is 41.5 Å². The molecule has 172 valence electrons. The number of nitrogens with one attached hydrogen (secondary N) is 2. The highest BCUT2D eigenvalue weighted by molar-refractivity contribution is 14.0. The lowest BCUT2D eigenvalue weighted by molar-refractivity contribution is -0.0835. The van der Waals surface area contributed by atoms with E-state index in [0.29, 0.717) is 12.5 Å². The zero-order valence-corrected chi connectivity index (χ0v) is 21.6. The van der Waals surface area contributed by atoms with E-state index in [9.17, 15) is 0 Å². The van der Waals surface area contributed by atoms with Crippen molar-refractivity contribution in [3.8, 4) is 0 Å². The molecule has 2 heterocycles. The van der Waals surface area contributed by atoms with Crippen molar-refractivity contribution in [1.82, 2.24) is 20.4 Å². The fraction of sp³-hybridized carbons (Fsp3) is 0.583. The van der Waals surface area contributed by atoms with Crippen molar-refractivity contribution in [2.45, 2.75) is 59.7 Å². The molecule has 31 heavy (non-hydrogen) atoms. The molecule has 0 aliphatic carbocycles. The van der Waals surface area contributed by atoms with Gasteiger partial charge in [-0.25, -0.2) is 4.99 Å². The highest BCUT2D eigenvalue weighted by Gasteiger charge is 2.35. The number of rotatable bonds is 7. The molecule has 1 saturated heterocycles. The maximum absolute atomic E-state index is 6.13. The first-order valence-electron chi connectivity index (χ1n) is 11.1. The van der Waals surface area contributed by atoms with E-state index in [1.54, 1.807) is 0 Å². The van der Waals surface area contributed by atoms with Crippen molar-refractivity contribution in [1.29, 1.82) is 0 Å². The normalized spacial score (nSPS) is 19.5. The molecule has 0 spiro atoms. The molecule has 0 amide bonds. The smallest absolute Gasteiger partial charge is 0.191 e. The summed E-state index contributed by atoms with van der Waals surface area (Å²) in [5.74, 6) is 1.37. The van der Waals surface area contributed by atoms with Crippen LogP contribution in [0.15, 0.2) is 47.7 Å². The van der Waals surface area contributed by atoms with E-state index >= 15 is 0 Å². The van der Waals surface area contributed by atoms with Crippen LogP contribution in [-0.2, 0) is 17.8 Å². The van der Waals surface area contributed by atoms with E-state index in [1.807, 2.05) is 23.1 Å². The maximum Gasteiger partial charge on any atom is 0.191 e. The molecule has 1 aromatic heterocycles. The predicted molar refractivity (Wildman–Crippen MR) is 138 cm³/mol. The van der Waals surface area contributed by atoms with Crippen molar-refractivity contribution >= 4 is 29.9 Å². The Morgan fingerprint density at radius 2 is 2.03 bits per heavy atom. The fourth-order valence-electron chi connectivity index (χ4n) is 4.16. The summed E-state index contributed by atoms with van der Waals surface area (Å²) in [6, 6.07) is 10.5. The topological polar surface area (TPSA) is 63.5 Å². The van der Waals surface area contributed by atoms with Crippen LogP contribution >= 0.6 is 24.0 Å². The maximum atomic E-state index is 6.13. The number of halogens is 1. The molecule has 2 N–H and O–H groups in total. The van der Waals surface area contributed by atoms with Crippen molar-refractivity contribution < 1.29 is 4.74 Å². The molecule has 2 unspecified atom stereocenters. The van der Waals surface area contributed by atoms with Gasteiger partial charge in [0.2, 0.25) is 0 Å². The molecule has 2 aromatic rings. The lowest BCUT2D eigenvalue weighted by Crippen LogP contribution is -2.47. The minimum absolute atomic E-state index is 0. The summed E-state index contributed by atoms with van der Waals surface area (Å²) in [5, 5.41) is 11.2. The lowest BCUT2D eigenvalue weighted by atomic mass is 9.78. The Bertz CT molecular complexity index is 801. The monoisotopic (exact) mass is 539 g/mol. The molecule has 2 atom stereocenters. The number of ether oxygens (including phenoxy) is 1. The summed E-state index contributed by atoms with van der Waals surface area (Å²) in [5.41, 5.74) is 2.58. The number of benzene rings is 1. The molecule has 3 rings (SSSR count). The van der Waals surface area contributed by atoms with Gasteiger partial charge in [0, 0.05) is 38.0 Å². The number of aromatic nitrogens is 2. The number of aliphatic imine (C=N–C) groups is 1. The van der Waals surface area contributed by atoms with E-state index in [2.05, 4.69) is 67.7 Å². The molecule has 0 radical (unpaired) electrons. The number of guanidine groups is 1. The van der Waals surface area contributed by atoms with Crippen molar-refractivity contribution in [3.63, 3.8) is 0 Å². The first-order chi connectivity index (χ1) is 14.5. The van der Waals surface area contributed by atoms with Gasteiger partial charge < -0.3 is 15.4 Å². The zero-order valence-electron chi connectivity index (χ0n) is 19.3. The van der Waals surface area contributed by atoms with Gasteiger partial charge in [0.25, 0.3) is 0 Å². The minimum atomic E-state index is 0. The number of nitrogens with zero attached hydrogens (tertiary/aromatic N) is 3. The van der Waals surface area contributed by atoms with E-state index in [1.165, 1.54) is 17.5 Å². The van der Waals surface area contributed by atoms with Crippen LogP contribution < -0.4 is 10.6 Å². The van der Waals surface area contributed by atoms with Gasteiger partial charge in [-0.3, -0.25) is 4.68 Å². The Labute approximate surface area is 204 Å². The zero-order chi connectivity index (χ0) is 21.4. The molecule has 0 saturated carbocycles. The quantitative estimate of drug-likeness (QED) is 0.310. The second-order valence-electron chi connectivity index (χ2n) is 9.16. The molecule has 0 bridgehead atoms. The van der Waals surface area contributed by atoms with Crippen LogP contribution in [0.4, 0.5) is 0 Å². The Balaban J connectivity index is 0.00000341. The van der Waals surface area contributed by atoms with Crippen LogP contribution in [0.25, 0.3) is 0 Å². The van der Waals surface area contributed by atoms with Crippen molar-refractivity contribution in [2.24, 2.45) is 16.3 Å². The Hall–Kier alpha value is -1.61. The largest absolute Gasteiger partial charge is 0.377 e. The van der Waals surface area contributed by atoms with Crippen LogP contribution in [0.3, 0.4) is 0 Å². The third-order valence-corrected chi connectivity index (χ3v) is 5.49. The Morgan fingerprint density at radius 1 is 1.23 bits per heavy atom. The SMILES string of the molecule is CCNC(=NCc1cccc(Cn2cccn2)c1)NCC1CCCOC1C(C)(C)C.I. The second kappa shape index (κ2) is 12.4. The van der Waals surface area contributed by atoms with E-state index in [0.717, 1.165) is 38.6 Å². The summed E-state index contributed by atoms with van der Waals surface area (Å²) in [7, 11) is 0. The van der Waals surface area contributed by atoms with Crippen molar-refractivity contribution in [2.75, 3.05) is 19.7 Å². The van der Waals surface area contributed by atoms with Crippen molar-refractivity contribution in [3.05, 3.63) is 53.9 Å². The van der Waals surface area contributed by atoms with Gasteiger partial charge >= 0.3 is 0 Å². The van der Waals surface area contributed by atoms with Crippen LogP contribution in [0.1, 0.15) is 51.7 Å². The van der Waals surface area contributed by atoms with Gasteiger partial charge in [0.1, 0.15) is 0 Å². The van der Waals surface area contributed by atoms with Gasteiger partial charge in [-0.2, -0.15) is 5.10 Å². The van der Waals surface area contributed by atoms with E-state index < -0.39 is 0 Å². The standard InChI is InChI=1S/C24H37N5O.HI/c1-5-25-23(27-17-21-11-7-14-30-22(21)24(2,3)4)26-16-19-9-6-10-20(15-19)18-29-13-8-12-28-29;/h6,8-10,12-13,15,21-22H,5,7,11,14,16-18H2,1-4H3,(H2,25,26,27);1H. The van der Waals surface area contributed by atoms with Gasteiger partial charge in [0.15, 0.2) is 5.96 Å². The average Bonchev–Trinajstić information content (AvgIpc) is 3.23. The number of hydrogen-bond donors (Lipinski definition) is 2. The Morgan fingerprint density at radius 3 is 2.74 bits per heavy atom. The molecular formula is C24H38IN5O. The summed E-state index contributed by atoms with van der Waals surface area (Å²) >= 11 is 0. The Kier molecular flexibility index (Phi) is 10.3. The summed E-state index contributed by atoms with van der Waals surface area (Å²) < 4.78 is 8.06. The van der Waals surface area contributed by atoms with E-state index in [-0.39, 0.29) is 35.5 Å². The predicted octanol–water partition coefficient (Wildman–Crippen LogP) is 4.45. The lowest BCUT2D eigenvalue weighted by Gasteiger charge is -2.40. The van der Waals surface area contributed by atoms with Gasteiger partial charge in [-0.05, 0) is 42.4 Å². The highest BCUT2D eigenvalue weighted by atomic mass is 127. The first kappa shape index (κ1) is 25.6. The van der Waals surface area contributed by atoms with Gasteiger partial charge in [-0.1, -0.05) is 45.0 Å². The number of hydrogen-bond acceptors (Lipinski definition) is 3. The molecule has 1 aliphatic rings. The molecule has 1 aromatic carbocycles. The summed E-state index contributed by atoms with van der Waals surface area (Å²) in [4.78, 5) is 4.82. The summed E-state index contributed by atoms with van der Waals surface area (Å²) in [6.07, 6.45) is 6.40. The highest BCUT2D eigenvalue weighted by Crippen LogP contribution is 2.33. The molecule has 1 fully saturated rings.